The molecule has 1 fully saturated rings. The normalized spacial score (nSPS) is 17.8. The first kappa shape index (κ1) is 23.8. The maximum atomic E-state index is 12.8. The zero-order valence-corrected chi connectivity index (χ0v) is 18.9. The second-order valence-electron chi connectivity index (χ2n) is 9.73. The van der Waals surface area contributed by atoms with Crippen LogP contribution in [-0.2, 0) is 12.0 Å². The van der Waals surface area contributed by atoms with Crippen LogP contribution < -0.4 is 0 Å². The van der Waals surface area contributed by atoms with Crippen molar-refractivity contribution in [1.82, 2.24) is 4.90 Å². The van der Waals surface area contributed by atoms with Gasteiger partial charge in [0.15, 0.2) is 6.10 Å². The van der Waals surface area contributed by atoms with Crippen molar-refractivity contribution in [3.63, 3.8) is 0 Å². The molecule has 0 saturated carbocycles. The summed E-state index contributed by atoms with van der Waals surface area (Å²) in [5.74, 6) is 1.00. The van der Waals surface area contributed by atoms with Gasteiger partial charge in [-0.2, -0.15) is 13.2 Å². The molecule has 0 radical (unpaired) electrons. The molecule has 1 saturated heterocycles. The average molecular weight is 434 g/mol. The van der Waals surface area contributed by atoms with Gasteiger partial charge in [0.2, 0.25) is 0 Å². The van der Waals surface area contributed by atoms with E-state index in [-0.39, 0.29) is 11.0 Å². The van der Waals surface area contributed by atoms with Gasteiger partial charge >= 0.3 is 6.18 Å². The van der Waals surface area contributed by atoms with Gasteiger partial charge < -0.3 is 5.11 Å². The van der Waals surface area contributed by atoms with Gasteiger partial charge in [0.05, 0.1) is 0 Å². The van der Waals surface area contributed by atoms with E-state index in [2.05, 4.69) is 56.9 Å². The third kappa shape index (κ3) is 5.69. The molecule has 2 aromatic carbocycles. The smallest absolute Gasteiger partial charge is 0.379 e. The average Bonchev–Trinajstić information content (AvgIpc) is 2.73. The van der Waals surface area contributed by atoms with Gasteiger partial charge in [-0.3, -0.25) is 4.90 Å². The maximum Gasteiger partial charge on any atom is 0.418 e. The number of hydrogen-bond donors (Lipinski definition) is 1. The molecule has 2 aromatic rings. The Morgan fingerprint density at radius 2 is 1.42 bits per heavy atom. The monoisotopic (exact) mass is 433 g/mol. The largest absolute Gasteiger partial charge is 0.418 e. The number of aliphatic hydroxyl groups excluding tert-OH is 1. The van der Waals surface area contributed by atoms with E-state index in [1.54, 1.807) is 12.1 Å². The van der Waals surface area contributed by atoms with Crippen molar-refractivity contribution in [2.24, 2.45) is 5.92 Å². The van der Waals surface area contributed by atoms with Crippen LogP contribution in [0.5, 0.6) is 0 Å². The summed E-state index contributed by atoms with van der Waals surface area (Å²) < 4.78 is 38.3. The lowest BCUT2D eigenvalue weighted by atomic mass is 9.69. The number of piperidine rings is 1. The first-order valence-electron chi connectivity index (χ1n) is 11.1. The molecule has 5 heteroatoms. The number of alkyl halides is 3. The highest BCUT2D eigenvalue weighted by Crippen LogP contribution is 2.39. The van der Waals surface area contributed by atoms with Gasteiger partial charge in [0.25, 0.3) is 0 Å². The van der Waals surface area contributed by atoms with Crippen LogP contribution in [0.1, 0.15) is 74.8 Å². The Morgan fingerprint density at radius 3 is 1.90 bits per heavy atom. The minimum absolute atomic E-state index is 0.106. The van der Waals surface area contributed by atoms with E-state index in [4.69, 9.17) is 0 Å². The van der Waals surface area contributed by atoms with Crippen molar-refractivity contribution >= 4 is 0 Å². The van der Waals surface area contributed by atoms with Crippen LogP contribution in [0.2, 0.25) is 0 Å². The molecule has 1 heterocycles. The molecule has 0 bridgehead atoms. The van der Waals surface area contributed by atoms with Crippen LogP contribution in [0.3, 0.4) is 0 Å². The Balaban J connectivity index is 1.59. The Labute approximate surface area is 184 Å². The van der Waals surface area contributed by atoms with Gasteiger partial charge in [0, 0.05) is 6.54 Å². The first-order chi connectivity index (χ1) is 14.5. The Bertz CT molecular complexity index is 832. The minimum Gasteiger partial charge on any atom is -0.379 e. The lowest BCUT2D eigenvalue weighted by Crippen LogP contribution is -2.40. The summed E-state index contributed by atoms with van der Waals surface area (Å²) in [5.41, 5.74) is 3.48. The molecule has 0 aromatic heterocycles. The van der Waals surface area contributed by atoms with Crippen LogP contribution in [0.25, 0.3) is 0 Å². The Morgan fingerprint density at radius 1 is 0.903 bits per heavy atom. The van der Waals surface area contributed by atoms with Crippen molar-refractivity contribution in [2.45, 2.75) is 70.7 Å². The zero-order valence-electron chi connectivity index (χ0n) is 18.9. The first-order valence-corrected chi connectivity index (χ1v) is 11.1. The molecule has 1 aliphatic heterocycles. The summed E-state index contributed by atoms with van der Waals surface area (Å²) in [6.45, 7) is 11.7. The van der Waals surface area contributed by atoms with Crippen molar-refractivity contribution in [3.05, 3.63) is 70.8 Å². The summed E-state index contributed by atoms with van der Waals surface area (Å²) in [5, 5.41) is 9.46. The number of benzene rings is 2. The lowest BCUT2D eigenvalue weighted by molar-refractivity contribution is -0.206. The molecule has 31 heavy (non-hydrogen) atoms. The molecule has 2 nitrogen and oxygen atoms in total. The highest BCUT2D eigenvalue weighted by atomic mass is 19.4. The summed E-state index contributed by atoms with van der Waals surface area (Å²) in [6.07, 6.45) is -4.95. The fraction of sp³-hybridized carbons (Fsp3) is 0.538. The minimum atomic E-state index is -4.64. The molecular weight excluding hydrogens is 399 g/mol. The van der Waals surface area contributed by atoms with Gasteiger partial charge in [-0.1, -0.05) is 76.2 Å². The number of nitrogens with zero attached hydrogens (tertiary/aromatic N) is 1. The summed E-state index contributed by atoms with van der Waals surface area (Å²) >= 11 is 0. The van der Waals surface area contributed by atoms with E-state index in [1.807, 2.05) is 0 Å². The molecule has 1 unspecified atom stereocenters. The van der Waals surface area contributed by atoms with Crippen LogP contribution in [0.15, 0.2) is 48.5 Å². The number of halogens is 3. The summed E-state index contributed by atoms with van der Waals surface area (Å²) in [4.78, 5) is 2.49. The molecule has 1 atom stereocenters. The zero-order chi connectivity index (χ0) is 22.8. The van der Waals surface area contributed by atoms with E-state index < -0.39 is 12.3 Å². The molecule has 0 amide bonds. The van der Waals surface area contributed by atoms with Crippen LogP contribution in [0, 0.1) is 5.92 Å². The van der Waals surface area contributed by atoms with E-state index in [0.29, 0.717) is 11.8 Å². The second-order valence-corrected chi connectivity index (χ2v) is 9.73. The standard InChI is InChI=1S/C26H34F3NO/c1-18(2)20-7-5-19(6-8-20)17-30-15-13-23(14-16-30)25(3,4)22-11-9-21(10-12-22)24(31)26(27,28)29/h5-12,18,23-24,31H,13-17H2,1-4H3. The van der Waals surface area contributed by atoms with Crippen LogP contribution in [-0.4, -0.2) is 29.3 Å². The second kappa shape index (κ2) is 9.33. The molecule has 170 valence electrons. The van der Waals surface area contributed by atoms with Crippen molar-refractivity contribution in [3.8, 4) is 0 Å². The van der Waals surface area contributed by atoms with Crippen LogP contribution >= 0.6 is 0 Å². The van der Waals surface area contributed by atoms with E-state index in [1.165, 1.54) is 23.3 Å². The number of hydrogen-bond acceptors (Lipinski definition) is 2. The van der Waals surface area contributed by atoms with E-state index in [9.17, 15) is 18.3 Å². The van der Waals surface area contributed by atoms with Crippen LogP contribution in [0.4, 0.5) is 13.2 Å². The Kier molecular flexibility index (Phi) is 7.17. The molecule has 3 rings (SSSR count). The molecule has 1 aliphatic rings. The maximum absolute atomic E-state index is 12.8. The number of aliphatic hydroxyl groups is 1. The third-order valence-electron chi connectivity index (χ3n) is 6.94. The fourth-order valence-electron chi connectivity index (χ4n) is 4.60. The van der Waals surface area contributed by atoms with Gasteiger partial charge in [-0.15, -0.1) is 0 Å². The van der Waals surface area contributed by atoms with E-state index in [0.717, 1.165) is 38.0 Å². The summed E-state index contributed by atoms with van der Waals surface area (Å²) in [7, 11) is 0. The fourth-order valence-corrected chi connectivity index (χ4v) is 4.60. The van der Waals surface area contributed by atoms with Gasteiger partial charge in [0.1, 0.15) is 0 Å². The highest BCUT2D eigenvalue weighted by Gasteiger charge is 2.40. The highest BCUT2D eigenvalue weighted by molar-refractivity contribution is 5.31. The summed E-state index contributed by atoms with van der Waals surface area (Å²) in [6, 6.07) is 15.2. The Hall–Kier alpha value is -1.85. The lowest BCUT2D eigenvalue weighted by Gasteiger charge is -2.41. The van der Waals surface area contributed by atoms with Gasteiger partial charge in [-0.25, -0.2) is 0 Å². The quantitative estimate of drug-likeness (QED) is 0.555. The molecule has 1 N–H and O–H groups in total. The topological polar surface area (TPSA) is 23.5 Å². The van der Waals surface area contributed by atoms with Crippen molar-refractivity contribution in [1.29, 1.82) is 0 Å². The molecular formula is C26H34F3NO. The number of rotatable bonds is 6. The SMILES string of the molecule is CC(C)c1ccc(CN2CCC(C(C)(C)c3ccc(C(O)C(F)(F)F)cc3)CC2)cc1. The molecule has 0 aliphatic carbocycles. The van der Waals surface area contributed by atoms with Crippen molar-refractivity contribution < 1.29 is 18.3 Å². The number of likely N-dealkylation sites (tertiary alicyclic amines) is 1. The molecule has 0 spiro atoms. The third-order valence-corrected chi connectivity index (χ3v) is 6.94. The van der Waals surface area contributed by atoms with E-state index >= 15 is 0 Å². The van der Waals surface area contributed by atoms with Gasteiger partial charge in [-0.05, 0) is 65.4 Å². The predicted octanol–water partition coefficient (Wildman–Crippen LogP) is 6.60. The predicted molar refractivity (Wildman–Crippen MR) is 119 cm³/mol. The van der Waals surface area contributed by atoms with Crippen molar-refractivity contribution in [2.75, 3.05) is 13.1 Å².